The average Bonchev–Trinajstić information content (AvgIpc) is 2.26. The van der Waals surface area contributed by atoms with Gasteiger partial charge in [-0.15, -0.1) is 0 Å². The summed E-state index contributed by atoms with van der Waals surface area (Å²) in [5.41, 5.74) is 5.74. The zero-order chi connectivity index (χ0) is 11.3. The highest BCUT2D eigenvalue weighted by molar-refractivity contribution is 5.88. The minimum Gasteiger partial charge on any atom is -0.319 e. The van der Waals surface area contributed by atoms with Gasteiger partial charge in [0, 0.05) is 6.42 Å². The van der Waals surface area contributed by atoms with Crippen LogP contribution in [0.5, 0.6) is 0 Å². The molecule has 0 unspecified atom stereocenters. The number of hydrogen-bond acceptors (Lipinski definition) is 2. The van der Waals surface area contributed by atoms with E-state index in [0.29, 0.717) is 18.1 Å². The molecule has 0 atom stereocenters. The van der Waals surface area contributed by atoms with Gasteiger partial charge in [-0.25, -0.2) is 0 Å². The third-order valence-corrected chi connectivity index (χ3v) is 3.93. The van der Waals surface area contributed by atoms with Crippen molar-refractivity contribution < 1.29 is 4.79 Å². The Labute approximate surface area is 93.6 Å². The van der Waals surface area contributed by atoms with E-state index in [4.69, 9.17) is 5.73 Å². The van der Waals surface area contributed by atoms with Gasteiger partial charge in [-0.1, -0.05) is 46.0 Å². The van der Waals surface area contributed by atoms with Crippen molar-refractivity contribution in [3.63, 3.8) is 0 Å². The van der Waals surface area contributed by atoms with Gasteiger partial charge in [0.1, 0.15) is 0 Å². The second-order valence-corrected chi connectivity index (χ2v) is 5.03. The molecule has 1 rings (SSSR count). The average molecular weight is 211 g/mol. The van der Waals surface area contributed by atoms with Crippen LogP contribution in [0.1, 0.15) is 65.2 Å². The van der Waals surface area contributed by atoms with Crippen LogP contribution in [0.25, 0.3) is 0 Å². The highest BCUT2D eigenvalue weighted by Crippen LogP contribution is 2.29. The summed E-state index contributed by atoms with van der Waals surface area (Å²) >= 11 is 0. The molecule has 0 aromatic carbocycles. The molecule has 0 aliphatic heterocycles. The van der Waals surface area contributed by atoms with E-state index in [2.05, 4.69) is 13.8 Å². The second kappa shape index (κ2) is 5.64. The van der Waals surface area contributed by atoms with Crippen molar-refractivity contribution in [1.29, 1.82) is 0 Å². The predicted octanol–water partition coefficient (Wildman–Crippen LogP) is 3.04. The normalized spacial score (nSPS) is 20.5. The van der Waals surface area contributed by atoms with Gasteiger partial charge < -0.3 is 5.73 Å². The maximum absolute atomic E-state index is 12.1. The smallest absolute Gasteiger partial charge is 0.152 e. The molecule has 0 aromatic heterocycles. The van der Waals surface area contributed by atoms with Gasteiger partial charge in [-0.05, 0) is 18.8 Å². The van der Waals surface area contributed by atoms with E-state index >= 15 is 0 Å². The van der Waals surface area contributed by atoms with Crippen LogP contribution in [0.15, 0.2) is 0 Å². The molecule has 88 valence electrons. The Bertz CT molecular complexity index is 203. The molecule has 0 bridgehead atoms. The summed E-state index contributed by atoms with van der Waals surface area (Å²) in [5, 5.41) is 0. The van der Waals surface area contributed by atoms with Crippen LogP contribution >= 0.6 is 0 Å². The van der Waals surface area contributed by atoms with Gasteiger partial charge in [-0.2, -0.15) is 0 Å². The first-order valence-corrected chi connectivity index (χ1v) is 6.44. The van der Waals surface area contributed by atoms with Crippen LogP contribution in [0.2, 0.25) is 0 Å². The Morgan fingerprint density at radius 3 is 2.20 bits per heavy atom. The molecular weight excluding hydrogens is 186 g/mol. The molecule has 1 aliphatic rings. The van der Waals surface area contributed by atoms with Crippen molar-refractivity contribution in [1.82, 2.24) is 0 Å². The molecule has 0 saturated heterocycles. The van der Waals surface area contributed by atoms with Crippen LogP contribution in [0.3, 0.4) is 0 Å². The fraction of sp³-hybridized carbons (Fsp3) is 0.923. The summed E-state index contributed by atoms with van der Waals surface area (Å²) in [7, 11) is 0. The molecule has 2 heteroatoms. The largest absolute Gasteiger partial charge is 0.319 e. The number of carbonyl (C=O) groups excluding carboxylic acids is 1. The van der Waals surface area contributed by atoms with Gasteiger partial charge in [0.15, 0.2) is 5.78 Å². The van der Waals surface area contributed by atoms with Gasteiger partial charge in [0.05, 0.1) is 5.54 Å². The molecule has 0 heterocycles. The standard InChI is InChI=1S/C13H25NO/c1-3-11(4-2)10-12(15)13(14)8-6-5-7-9-13/h11H,3-10,14H2,1-2H3. The van der Waals surface area contributed by atoms with Crippen molar-refractivity contribution in [3.8, 4) is 0 Å². The molecular formula is C13H25NO. The molecule has 1 aliphatic carbocycles. The van der Waals surface area contributed by atoms with E-state index in [9.17, 15) is 4.79 Å². The molecule has 2 N–H and O–H groups in total. The molecule has 0 spiro atoms. The van der Waals surface area contributed by atoms with E-state index in [0.717, 1.165) is 38.5 Å². The van der Waals surface area contributed by atoms with E-state index in [1.54, 1.807) is 0 Å². The second-order valence-electron chi connectivity index (χ2n) is 5.03. The number of ketones is 1. The zero-order valence-electron chi connectivity index (χ0n) is 10.2. The van der Waals surface area contributed by atoms with Crippen molar-refractivity contribution >= 4 is 5.78 Å². The van der Waals surface area contributed by atoms with Crippen LogP contribution in [0, 0.1) is 5.92 Å². The minimum atomic E-state index is -0.471. The highest BCUT2D eigenvalue weighted by Gasteiger charge is 2.35. The van der Waals surface area contributed by atoms with Crippen molar-refractivity contribution in [3.05, 3.63) is 0 Å². The topological polar surface area (TPSA) is 43.1 Å². The van der Waals surface area contributed by atoms with E-state index in [1.807, 2.05) is 0 Å². The number of Topliss-reactive ketones (excluding diaryl/α,β-unsaturated/α-hetero) is 1. The first-order chi connectivity index (χ1) is 7.12. The first kappa shape index (κ1) is 12.7. The lowest BCUT2D eigenvalue weighted by Gasteiger charge is -2.32. The maximum atomic E-state index is 12.1. The molecule has 15 heavy (non-hydrogen) atoms. The van der Waals surface area contributed by atoms with Crippen LogP contribution < -0.4 is 5.73 Å². The molecule has 0 amide bonds. The maximum Gasteiger partial charge on any atom is 0.152 e. The fourth-order valence-corrected chi connectivity index (χ4v) is 2.50. The van der Waals surface area contributed by atoms with Crippen LogP contribution in [-0.4, -0.2) is 11.3 Å². The third-order valence-electron chi connectivity index (χ3n) is 3.93. The van der Waals surface area contributed by atoms with Crippen molar-refractivity contribution in [2.24, 2.45) is 11.7 Å². The Morgan fingerprint density at radius 1 is 1.20 bits per heavy atom. The highest BCUT2D eigenvalue weighted by atomic mass is 16.1. The number of carbonyl (C=O) groups is 1. The number of nitrogens with two attached hydrogens (primary N) is 1. The summed E-state index contributed by atoms with van der Waals surface area (Å²) in [5.74, 6) is 0.857. The summed E-state index contributed by atoms with van der Waals surface area (Å²) in [4.78, 5) is 12.1. The summed E-state index contributed by atoms with van der Waals surface area (Å²) in [6.07, 6.45) is 8.21. The van der Waals surface area contributed by atoms with Gasteiger partial charge in [0.25, 0.3) is 0 Å². The van der Waals surface area contributed by atoms with E-state index in [1.165, 1.54) is 6.42 Å². The van der Waals surface area contributed by atoms with E-state index < -0.39 is 5.54 Å². The lowest BCUT2D eigenvalue weighted by atomic mass is 9.76. The minimum absolute atomic E-state index is 0.316. The van der Waals surface area contributed by atoms with Gasteiger partial charge in [-0.3, -0.25) is 4.79 Å². The van der Waals surface area contributed by atoms with Gasteiger partial charge >= 0.3 is 0 Å². The van der Waals surface area contributed by atoms with Crippen LogP contribution in [0.4, 0.5) is 0 Å². The Balaban J connectivity index is 2.50. The SMILES string of the molecule is CCC(CC)CC(=O)C1(N)CCCCC1. The summed E-state index contributed by atoms with van der Waals surface area (Å²) in [6.45, 7) is 4.32. The molecule has 1 saturated carbocycles. The zero-order valence-corrected chi connectivity index (χ0v) is 10.2. The lowest BCUT2D eigenvalue weighted by molar-refractivity contribution is -0.126. The third kappa shape index (κ3) is 3.30. The first-order valence-electron chi connectivity index (χ1n) is 6.44. The number of rotatable bonds is 5. The fourth-order valence-electron chi connectivity index (χ4n) is 2.50. The molecule has 0 aromatic rings. The van der Waals surface area contributed by atoms with Crippen molar-refractivity contribution in [2.75, 3.05) is 0 Å². The Kier molecular flexibility index (Phi) is 4.78. The van der Waals surface area contributed by atoms with E-state index in [-0.39, 0.29) is 0 Å². The Morgan fingerprint density at radius 2 is 1.73 bits per heavy atom. The quantitative estimate of drug-likeness (QED) is 0.759. The predicted molar refractivity (Wildman–Crippen MR) is 63.7 cm³/mol. The molecule has 0 radical (unpaired) electrons. The molecule has 2 nitrogen and oxygen atoms in total. The van der Waals surface area contributed by atoms with Gasteiger partial charge in [0.2, 0.25) is 0 Å². The van der Waals surface area contributed by atoms with Crippen molar-refractivity contribution in [2.45, 2.75) is 70.8 Å². The molecule has 1 fully saturated rings. The Hall–Kier alpha value is -0.370. The summed E-state index contributed by atoms with van der Waals surface area (Å²) < 4.78 is 0. The number of hydrogen-bond donors (Lipinski definition) is 1. The van der Waals surface area contributed by atoms with Crippen LogP contribution in [-0.2, 0) is 4.79 Å². The summed E-state index contributed by atoms with van der Waals surface area (Å²) in [6, 6.07) is 0. The lowest BCUT2D eigenvalue weighted by Crippen LogP contribution is -2.49. The monoisotopic (exact) mass is 211 g/mol.